The number of aliphatic hydroxyl groups is 1. The molecule has 8 nitrogen and oxygen atoms in total. The molecule has 2 rings (SSSR count). The number of pyridine rings is 1. The molecule has 1 aromatic heterocycles. The number of amides is 1. The molecular formula is C32H46N4O4. The Morgan fingerprint density at radius 1 is 1.25 bits per heavy atom. The number of ketones is 1. The van der Waals surface area contributed by atoms with Crippen LogP contribution in [0.1, 0.15) is 82.4 Å². The maximum absolute atomic E-state index is 12.3. The number of nitrogens with zero attached hydrogens (tertiary/aromatic N) is 3. The van der Waals surface area contributed by atoms with E-state index >= 15 is 0 Å². The van der Waals surface area contributed by atoms with Crippen LogP contribution in [0.15, 0.2) is 43.1 Å². The summed E-state index contributed by atoms with van der Waals surface area (Å²) in [6, 6.07) is 11.6. The highest BCUT2D eigenvalue weighted by Crippen LogP contribution is 2.28. The van der Waals surface area contributed by atoms with Crippen molar-refractivity contribution >= 4 is 23.6 Å². The molecule has 0 fully saturated rings. The number of nitrogens with one attached hydrogen (secondary N) is 1. The summed E-state index contributed by atoms with van der Waals surface area (Å²) >= 11 is 0. The minimum Gasteiger partial charge on any atom is -0.489 e. The number of hydrogen-bond acceptors (Lipinski definition) is 7. The Hall–Kier alpha value is -3.70. The van der Waals surface area contributed by atoms with Crippen LogP contribution in [0.4, 0.5) is 5.82 Å². The number of hydrogen-bond donors (Lipinski definition) is 2. The van der Waals surface area contributed by atoms with Gasteiger partial charge in [0.25, 0.3) is 0 Å². The monoisotopic (exact) mass is 550 g/mol. The number of carbonyl (C=O) groups excluding carboxylic acids is 2. The summed E-state index contributed by atoms with van der Waals surface area (Å²) in [5, 5.41) is 20.2. The smallest absolute Gasteiger partial charge is 0.223 e. The number of Topliss-reactive ketones (excluding diaryl/α,β-unsaturated/α-hetero) is 1. The maximum atomic E-state index is 12.3. The average Bonchev–Trinajstić information content (AvgIpc) is 2.96. The van der Waals surface area contributed by atoms with E-state index in [0.29, 0.717) is 6.42 Å². The molecule has 2 N–H and O–H groups in total. The van der Waals surface area contributed by atoms with Gasteiger partial charge in [-0.2, -0.15) is 5.26 Å². The van der Waals surface area contributed by atoms with E-state index in [1.54, 1.807) is 33.0 Å². The molecular weight excluding hydrogens is 504 g/mol. The number of aromatic nitrogens is 1. The summed E-state index contributed by atoms with van der Waals surface area (Å²) < 4.78 is 6.24. The molecule has 0 spiro atoms. The van der Waals surface area contributed by atoms with Crippen molar-refractivity contribution < 1.29 is 19.4 Å². The maximum Gasteiger partial charge on any atom is 0.223 e. The van der Waals surface area contributed by atoms with Gasteiger partial charge >= 0.3 is 0 Å². The fourth-order valence-electron chi connectivity index (χ4n) is 4.49. The zero-order valence-electron chi connectivity index (χ0n) is 24.9. The Labute approximate surface area is 240 Å². The van der Waals surface area contributed by atoms with E-state index < -0.39 is 6.04 Å². The molecule has 3 atom stereocenters. The van der Waals surface area contributed by atoms with Crippen molar-refractivity contribution in [3.8, 4) is 11.8 Å². The predicted octanol–water partition coefficient (Wildman–Crippen LogP) is 5.90. The summed E-state index contributed by atoms with van der Waals surface area (Å²) in [5.41, 5.74) is 3.20. The van der Waals surface area contributed by atoms with Crippen molar-refractivity contribution in [2.75, 3.05) is 25.5 Å². The van der Waals surface area contributed by atoms with E-state index in [1.807, 2.05) is 31.3 Å². The van der Waals surface area contributed by atoms with Crippen molar-refractivity contribution in [1.29, 1.82) is 5.26 Å². The molecule has 40 heavy (non-hydrogen) atoms. The first-order chi connectivity index (χ1) is 19.2. The van der Waals surface area contributed by atoms with Crippen molar-refractivity contribution in [2.45, 2.75) is 84.8 Å². The van der Waals surface area contributed by atoms with Gasteiger partial charge in [0.1, 0.15) is 23.4 Å². The van der Waals surface area contributed by atoms with Crippen LogP contribution < -0.4 is 10.1 Å². The number of benzene rings is 1. The number of ether oxygens (including phenoxy) is 1. The van der Waals surface area contributed by atoms with Gasteiger partial charge in [0.2, 0.25) is 5.91 Å². The first kappa shape index (κ1) is 34.3. The number of nitriles is 1. The zero-order valence-corrected chi connectivity index (χ0v) is 24.9. The van der Waals surface area contributed by atoms with E-state index in [0.717, 1.165) is 53.9 Å². The molecule has 0 radical (unpaired) electrons. The fraction of sp³-hybridized carbons (Fsp3) is 0.500. The van der Waals surface area contributed by atoms with Crippen LogP contribution in [0.5, 0.6) is 5.75 Å². The Morgan fingerprint density at radius 2 is 1.95 bits per heavy atom. The van der Waals surface area contributed by atoms with Gasteiger partial charge in [-0.05, 0) is 57.2 Å². The van der Waals surface area contributed by atoms with E-state index in [-0.39, 0.29) is 36.9 Å². The zero-order chi connectivity index (χ0) is 30.1. The SMILES string of the molecule is C=Cc1cc(OC(CCC)CCC(C(C)=O)c2ccccc2C)cnc1NC.CCC(=O)N(CCO)C(C)C#N. The molecule has 3 unspecified atom stereocenters. The van der Waals surface area contributed by atoms with Crippen LogP contribution in [0.3, 0.4) is 0 Å². The van der Waals surface area contributed by atoms with E-state index in [2.05, 4.69) is 42.9 Å². The molecule has 2 aromatic rings. The lowest BCUT2D eigenvalue weighted by Gasteiger charge is -2.23. The Kier molecular flexibility index (Phi) is 15.9. The van der Waals surface area contributed by atoms with Gasteiger partial charge in [-0.3, -0.25) is 9.59 Å². The average molecular weight is 551 g/mol. The molecule has 1 aromatic carbocycles. The van der Waals surface area contributed by atoms with Gasteiger partial charge in [0, 0.05) is 31.5 Å². The summed E-state index contributed by atoms with van der Waals surface area (Å²) in [6.45, 7) is 13.3. The second kappa shape index (κ2) is 18.6. The molecule has 0 saturated heterocycles. The lowest BCUT2D eigenvalue weighted by Crippen LogP contribution is -2.39. The van der Waals surface area contributed by atoms with Gasteiger partial charge in [0.05, 0.1) is 25.0 Å². The molecule has 0 aliphatic carbocycles. The van der Waals surface area contributed by atoms with Gasteiger partial charge in [0.15, 0.2) is 0 Å². The molecule has 1 amide bonds. The summed E-state index contributed by atoms with van der Waals surface area (Å²) in [7, 11) is 1.84. The summed E-state index contributed by atoms with van der Waals surface area (Å²) in [6.07, 6.45) is 7.49. The standard InChI is InChI=1S/C24H32N2O2.C8H14N2O2/c1-6-10-20(28-21-15-19(7-2)24(25-5)26-16-21)13-14-23(18(4)27)22-12-9-8-11-17(22)3;1-3-8(12)10(4-5-11)7(2)6-9/h7-9,11-12,15-16,20,23H,2,6,10,13-14H2,1,3-5H3,(H,25,26);7,11H,3-5H2,1-2H3. The highest BCUT2D eigenvalue weighted by Gasteiger charge is 2.21. The fourth-order valence-corrected chi connectivity index (χ4v) is 4.49. The van der Waals surface area contributed by atoms with Crippen molar-refractivity contribution in [2.24, 2.45) is 0 Å². The van der Waals surface area contributed by atoms with E-state index in [9.17, 15) is 9.59 Å². The molecule has 0 bridgehead atoms. The number of rotatable bonds is 15. The van der Waals surface area contributed by atoms with E-state index in [4.69, 9.17) is 15.1 Å². The quantitative estimate of drug-likeness (QED) is 0.283. The Bertz CT molecular complexity index is 1130. The highest BCUT2D eigenvalue weighted by molar-refractivity contribution is 5.83. The minimum atomic E-state index is -0.454. The van der Waals surface area contributed by atoms with Crippen LogP contribution in [-0.4, -0.2) is 59.0 Å². The molecule has 0 aliphatic rings. The second-order valence-electron chi connectivity index (χ2n) is 9.66. The summed E-state index contributed by atoms with van der Waals surface area (Å²) in [5.74, 6) is 1.54. The molecule has 0 saturated carbocycles. The Balaban J connectivity index is 0.000000562. The van der Waals surface area contributed by atoms with Gasteiger partial charge in [-0.1, -0.05) is 57.2 Å². The number of anilines is 1. The van der Waals surface area contributed by atoms with Gasteiger partial charge in [-0.15, -0.1) is 0 Å². The van der Waals surface area contributed by atoms with E-state index in [1.165, 1.54) is 4.90 Å². The number of aryl methyl sites for hydroxylation is 1. The normalized spacial score (nSPS) is 12.6. The van der Waals surface area contributed by atoms with Crippen molar-refractivity contribution in [3.05, 3.63) is 59.8 Å². The minimum absolute atomic E-state index is 0.0516. The number of aliphatic hydroxyl groups excluding tert-OH is 1. The van der Waals surface area contributed by atoms with Crippen molar-refractivity contribution in [1.82, 2.24) is 9.88 Å². The lowest BCUT2D eigenvalue weighted by atomic mass is 9.87. The molecule has 8 heteroatoms. The number of carbonyl (C=O) groups is 2. The third-order valence-corrected chi connectivity index (χ3v) is 6.71. The molecule has 0 aliphatic heterocycles. The van der Waals surface area contributed by atoms with Crippen LogP contribution in [0, 0.1) is 18.3 Å². The molecule has 1 heterocycles. The first-order valence-electron chi connectivity index (χ1n) is 14.0. The van der Waals surface area contributed by atoms with Crippen LogP contribution >= 0.6 is 0 Å². The van der Waals surface area contributed by atoms with Crippen LogP contribution in [0.25, 0.3) is 6.08 Å². The summed E-state index contributed by atoms with van der Waals surface area (Å²) in [4.78, 5) is 29.3. The van der Waals surface area contributed by atoms with Crippen molar-refractivity contribution in [3.63, 3.8) is 0 Å². The van der Waals surface area contributed by atoms with Gasteiger partial charge in [-0.25, -0.2) is 4.98 Å². The van der Waals surface area contributed by atoms with Gasteiger partial charge < -0.3 is 20.1 Å². The first-order valence-corrected chi connectivity index (χ1v) is 14.0. The topological polar surface area (TPSA) is 116 Å². The second-order valence-corrected chi connectivity index (χ2v) is 9.66. The predicted molar refractivity (Wildman–Crippen MR) is 161 cm³/mol. The third-order valence-electron chi connectivity index (χ3n) is 6.71. The lowest BCUT2D eigenvalue weighted by molar-refractivity contribution is -0.132. The van der Waals surface area contributed by atoms with Crippen LogP contribution in [-0.2, 0) is 9.59 Å². The largest absolute Gasteiger partial charge is 0.489 e. The Morgan fingerprint density at radius 3 is 2.48 bits per heavy atom. The van der Waals surface area contributed by atoms with Crippen LogP contribution in [0.2, 0.25) is 0 Å². The third kappa shape index (κ3) is 10.8. The highest BCUT2D eigenvalue weighted by atomic mass is 16.5. The molecule has 218 valence electrons.